The molecule has 0 amide bonds. The van der Waals surface area contributed by atoms with Crippen molar-refractivity contribution in [1.29, 1.82) is 0 Å². The summed E-state index contributed by atoms with van der Waals surface area (Å²) in [6.07, 6.45) is 0. The first kappa shape index (κ1) is 10.9. The van der Waals surface area contributed by atoms with E-state index >= 15 is 0 Å². The molecule has 0 bridgehead atoms. The molecule has 0 saturated heterocycles. The predicted molar refractivity (Wildman–Crippen MR) is 62.7 cm³/mol. The van der Waals surface area contributed by atoms with Crippen molar-refractivity contribution in [3.63, 3.8) is 0 Å². The van der Waals surface area contributed by atoms with Gasteiger partial charge in [-0.15, -0.1) is 0 Å². The van der Waals surface area contributed by atoms with E-state index in [9.17, 15) is 4.79 Å². The molecule has 2 N–H and O–H groups in total. The standard InChI is InChI=1S/C11H16N4O/c1-5(2)8-7-10(15-14-8)12-9(6(3)4)13-11(7)16/h5-6H,1-4H3,(H2,12,13,14,15,16). The maximum Gasteiger partial charge on any atom is 0.262 e. The Morgan fingerprint density at radius 3 is 2.38 bits per heavy atom. The van der Waals surface area contributed by atoms with Gasteiger partial charge in [0.05, 0.1) is 5.69 Å². The minimum Gasteiger partial charge on any atom is -0.310 e. The largest absolute Gasteiger partial charge is 0.310 e. The first-order chi connectivity index (χ1) is 7.50. The molecule has 2 rings (SSSR count). The average molecular weight is 220 g/mol. The molecule has 0 aromatic carbocycles. The Morgan fingerprint density at radius 2 is 1.81 bits per heavy atom. The van der Waals surface area contributed by atoms with Gasteiger partial charge in [-0.2, -0.15) is 5.10 Å². The number of H-pyrrole nitrogens is 2. The van der Waals surface area contributed by atoms with Crippen molar-refractivity contribution < 1.29 is 0 Å². The van der Waals surface area contributed by atoms with E-state index in [0.29, 0.717) is 16.9 Å². The number of aromatic amines is 2. The number of aromatic nitrogens is 4. The molecule has 0 unspecified atom stereocenters. The van der Waals surface area contributed by atoms with Crippen LogP contribution in [0.2, 0.25) is 0 Å². The third kappa shape index (κ3) is 1.62. The molecule has 0 aliphatic rings. The normalized spacial score (nSPS) is 11.9. The van der Waals surface area contributed by atoms with E-state index in [1.54, 1.807) is 0 Å². The van der Waals surface area contributed by atoms with Gasteiger partial charge >= 0.3 is 0 Å². The van der Waals surface area contributed by atoms with E-state index in [0.717, 1.165) is 5.69 Å². The van der Waals surface area contributed by atoms with E-state index in [4.69, 9.17) is 0 Å². The fraction of sp³-hybridized carbons (Fsp3) is 0.545. The Balaban J connectivity index is 2.74. The van der Waals surface area contributed by atoms with E-state index < -0.39 is 0 Å². The van der Waals surface area contributed by atoms with Gasteiger partial charge in [-0.3, -0.25) is 9.89 Å². The number of rotatable bonds is 2. The highest BCUT2D eigenvalue weighted by Crippen LogP contribution is 2.19. The molecule has 5 nitrogen and oxygen atoms in total. The molecule has 0 aliphatic carbocycles. The number of nitrogens with zero attached hydrogens (tertiary/aromatic N) is 2. The third-order valence-electron chi connectivity index (χ3n) is 2.59. The van der Waals surface area contributed by atoms with Gasteiger partial charge in [0.1, 0.15) is 11.2 Å². The van der Waals surface area contributed by atoms with Gasteiger partial charge in [-0.25, -0.2) is 4.98 Å². The van der Waals surface area contributed by atoms with Crippen molar-refractivity contribution in [1.82, 2.24) is 20.2 Å². The van der Waals surface area contributed by atoms with Crippen LogP contribution < -0.4 is 5.56 Å². The van der Waals surface area contributed by atoms with Crippen molar-refractivity contribution in [3.8, 4) is 0 Å². The van der Waals surface area contributed by atoms with E-state index in [2.05, 4.69) is 20.2 Å². The van der Waals surface area contributed by atoms with Gasteiger partial charge in [-0.05, 0) is 5.92 Å². The van der Waals surface area contributed by atoms with Gasteiger partial charge in [0.25, 0.3) is 5.56 Å². The Morgan fingerprint density at radius 1 is 1.12 bits per heavy atom. The Bertz CT molecular complexity index is 565. The molecule has 2 aromatic rings. The van der Waals surface area contributed by atoms with Crippen LogP contribution in [-0.2, 0) is 0 Å². The Hall–Kier alpha value is -1.65. The smallest absolute Gasteiger partial charge is 0.262 e. The fourth-order valence-corrected chi connectivity index (χ4v) is 1.66. The van der Waals surface area contributed by atoms with Crippen LogP contribution in [-0.4, -0.2) is 20.2 Å². The zero-order valence-electron chi connectivity index (χ0n) is 9.96. The molecular weight excluding hydrogens is 204 g/mol. The molecule has 0 saturated carbocycles. The SMILES string of the molecule is CC(C)c1nc2n[nH]c(C(C)C)c2c(=O)[nH]1. The lowest BCUT2D eigenvalue weighted by Crippen LogP contribution is -2.13. The van der Waals surface area contributed by atoms with Gasteiger partial charge in [0.2, 0.25) is 0 Å². The molecule has 2 aromatic heterocycles. The monoisotopic (exact) mass is 220 g/mol. The van der Waals surface area contributed by atoms with Crippen molar-refractivity contribution in [2.75, 3.05) is 0 Å². The number of hydrogen-bond donors (Lipinski definition) is 2. The van der Waals surface area contributed by atoms with Crippen molar-refractivity contribution >= 4 is 11.0 Å². The van der Waals surface area contributed by atoms with Crippen molar-refractivity contribution in [3.05, 3.63) is 21.9 Å². The number of fused-ring (bicyclic) bond motifs is 1. The summed E-state index contributed by atoms with van der Waals surface area (Å²) in [6.45, 7) is 8.01. The van der Waals surface area contributed by atoms with Crippen LogP contribution in [0, 0.1) is 0 Å². The second-order valence-corrected chi connectivity index (χ2v) is 4.60. The molecule has 16 heavy (non-hydrogen) atoms. The first-order valence-electron chi connectivity index (χ1n) is 5.49. The number of hydrogen-bond acceptors (Lipinski definition) is 3. The van der Waals surface area contributed by atoms with Crippen LogP contribution in [0.25, 0.3) is 11.0 Å². The predicted octanol–water partition coefficient (Wildman–Crippen LogP) is 1.89. The highest BCUT2D eigenvalue weighted by atomic mass is 16.1. The third-order valence-corrected chi connectivity index (χ3v) is 2.59. The Labute approximate surface area is 93.3 Å². The molecule has 0 spiro atoms. The lowest BCUT2D eigenvalue weighted by molar-refractivity contribution is 0.774. The van der Waals surface area contributed by atoms with E-state index in [1.165, 1.54) is 0 Å². The van der Waals surface area contributed by atoms with Crippen LogP contribution >= 0.6 is 0 Å². The van der Waals surface area contributed by atoms with Gasteiger partial charge in [-0.1, -0.05) is 27.7 Å². The fourth-order valence-electron chi connectivity index (χ4n) is 1.66. The first-order valence-corrected chi connectivity index (χ1v) is 5.49. The Kier molecular flexibility index (Phi) is 2.53. The summed E-state index contributed by atoms with van der Waals surface area (Å²) in [5.74, 6) is 1.11. The second-order valence-electron chi connectivity index (χ2n) is 4.60. The summed E-state index contributed by atoms with van der Waals surface area (Å²) >= 11 is 0. The van der Waals surface area contributed by atoms with E-state index in [-0.39, 0.29) is 17.4 Å². The molecule has 0 fully saturated rings. The molecular formula is C11H16N4O. The van der Waals surface area contributed by atoms with Gasteiger partial charge < -0.3 is 4.98 Å². The number of nitrogens with one attached hydrogen (secondary N) is 2. The van der Waals surface area contributed by atoms with Gasteiger partial charge in [0, 0.05) is 5.92 Å². The van der Waals surface area contributed by atoms with Crippen LogP contribution in [0.4, 0.5) is 0 Å². The second kappa shape index (κ2) is 3.73. The summed E-state index contributed by atoms with van der Waals surface area (Å²) in [6, 6.07) is 0. The maximum atomic E-state index is 11.9. The lowest BCUT2D eigenvalue weighted by atomic mass is 10.1. The van der Waals surface area contributed by atoms with E-state index in [1.807, 2.05) is 27.7 Å². The molecule has 0 radical (unpaired) electrons. The van der Waals surface area contributed by atoms with Crippen LogP contribution in [0.5, 0.6) is 0 Å². The summed E-state index contributed by atoms with van der Waals surface area (Å²) in [5, 5.41) is 7.56. The zero-order valence-corrected chi connectivity index (χ0v) is 9.96. The quantitative estimate of drug-likeness (QED) is 0.811. The topological polar surface area (TPSA) is 74.4 Å². The summed E-state index contributed by atoms with van der Waals surface area (Å²) in [7, 11) is 0. The minimum absolute atomic E-state index is 0.105. The van der Waals surface area contributed by atoms with Crippen LogP contribution in [0.15, 0.2) is 4.79 Å². The lowest BCUT2D eigenvalue weighted by Gasteiger charge is -2.04. The molecule has 5 heteroatoms. The average Bonchev–Trinajstić information content (AvgIpc) is 2.61. The van der Waals surface area contributed by atoms with Gasteiger partial charge in [0.15, 0.2) is 5.65 Å². The summed E-state index contributed by atoms with van der Waals surface area (Å²) < 4.78 is 0. The minimum atomic E-state index is -0.105. The molecule has 2 heterocycles. The summed E-state index contributed by atoms with van der Waals surface area (Å²) in [5.41, 5.74) is 1.25. The zero-order chi connectivity index (χ0) is 11.9. The summed E-state index contributed by atoms with van der Waals surface area (Å²) in [4.78, 5) is 19.1. The molecule has 0 atom stereocenters. The molecule has 86 valence electrons. The highest BCUT2D eigenvalue weighted by molar-refractivity contribution is 5.77. The van der Waals surface area contributed by atoms with Crippen molar-refractivity contribution in [2.24, 2.45) is 0 Å². The highest BCUT2D eigenvalue weighted by Gasteiger charge is 2.15. The van der Waals surface area contributed by atoms with Crippen LogP contribution in [0.3, 0.4) is 0 Å². The van der Waals surface area contributed by atoms with Crippen LogP contribution in [0.1, 0.15) is 51.0 Å². The molecule has 0 aliphatic heterocycles. The maximum absolute atomic E-state index is 11.9. The van der Waals surface area contributed by atoms with Crippen molar-refractivity contribution in [2.45, 2.75) is 39.5 Å².